The first-order valence-electron chi connectivity index (χ1n) is 5.09. The van der Waals surface area contributed by atoms with Gasteiger partial charge in [0.1, 0.15) is 11.5 Å². The zero-order valence-electron chi connectivity index (χ0n) is 9.19. The zero-order chi connectivity index (χ0) is 13.1. The molecule has 1 amide bonds. The van der Waals surface area contributed by atoms with E-state index in [1.807, 2.05) is 24.3 Å². The molecule has 0 radical (unpaired) electrons. The Morgan fingerprint density at radius 1 is 1.22 bits per heavy atom. The molecule has 0 fully saturated rings. The van der Waals surface area contributed by atoms with Gasteiger partial charge in [-0.1, -0.05) is 31.9 Å². The monoisotopic (exact) mass is 369 g/mol. The quantitative estimate of drug-likeness (QED) is 0.831. The van der Waals surface area contributed by atoms with Crippen molar-refractivity contribution in [2.45, 2.75) is 0 Å². The van der Waals surface area contributed by atoms with Gasteiger partial charge in [-0.3, -0.25) is 4.79 Å². The maximum Gasteiger partial charge on any atom is 0.241 e. The lowest BCUT2D eigenvalue weighted by Crippen LogP contribution is -2.04. The number of carbonyl (C=O) groups is 1. The molecule has 0 spiro atoms. The van der Waals surface area contributed by atoms with Crippen LogP contribution in [0.25, 0.3) is 17.4 Å². The normalized spacial score (nSPS) is 11.0. The minimum Gasteiger partial charge on any atom is -0.457 e. The van der Waals surface area contributed by atoms with Gasteiger partial charge in [-0.05, 0) is 36.4 Å². The highest BCUT2D eigenvalue weighted by molar-refractivity contribution is 9.11. The van der Waals surface area contributed by atoms with Gasteiger partial charge in [0.2, 0.25) is 5.91 Å². The molecule has 1 aromatic heterocycles. The summed E-state index contributed by atoms with van der Waals surface area (Å²) in [6.07, 6.45) is 2.80. The SMILES string of the molecule is NC(=O)C=Cc1ccc(-c2cc(Br)ccc2Br)o1. The van der Waals surface area contributed by atoms with Crippen molar-refractivity contribution in [3.63, 3.8) is 0 Å². The molecular formula is C13H9Br2NO2. The van der Waals surface area contributed by atoms with E-state index >= 15 is 0 Å². The summed E-state index contributed by atoms with van der Waals surface area (Å²) in [5.41, 5.74) is 5.95. The van der Waals surface area contributed by atoms with Crippen molar-refractivity contribution in [1.82, 2.24) is 0 Å². The molecule has 5 heteroatoms. The Kier molecular flexibility index (Phi) is 4.04. The first-order valence-corrected chi connectivity index (χ1v) is 6.67. The Balaban J connectivity index is 2.35. The third kappa shape index (κ3) is 3.11. The third-order valence-electron chi connectivity index (χ3n) is 2.23. The minimum atomic E-state index is -0.503. The lowest BCUT2D eigenvalue weighted by atomic mass is 10.2. The van der Waals surface area contributed by atoms with Crippen molar-refractivity contribution in [3.05, 3.63) is 51.1 Å². The summed E-state index contributed by atoms with van der Waals surface area (Å²) < 4.78 is 7.51. The highest BCUT2D eigenvalue weighted by atomic mass is 79.9. The summed E-state index contributed by atoms with van der Waals surface area (Å²) >= 11 is 6.88. The maximum absolute atomic E-state index is 10.6. The molecular weight excluding hydrogens is 362 g/mol. The molecule has 92 valence electrons. The summed E-state index contributed by atoms with van der Waals surface area (Å²) in [6.45, 7) is 0. The number of halogens is 2. The number of rotatable bonds is 3. The molecule has 2 aromatic rings. The van der Waals surface area contributed by atoms with E-state index in [9.17, 15) is 4.79 Å². The molecule has 0 aliphatic carbocycles. The standard InChI is InChI=1S/C13H9Br2NO2/c14-8-1-4-11(15)10(7-8)12-5-2-9(18-12)3-6-13(16)17/h1-7H,(H2,16,17). The van der Waals surface area contributed by atoms with Crippen molar-refractivity contribution < 1.29 is 9.21 Å². The van der Waals surface area contributed by atoms with Gasteiger partial charge in [-0.2, -0.15) is 0 Å². The van der Waals surface area contributed by atoms with E-state index in [0.29, 0.717) is 11.5 Å². The summed E-state index contributed by atoms with van der Waals surface area (Å²) in [7, 11) is 0. The first-order chi connectivity index (χ1) is 8.56. The van der Waals surface area contributed by atoms with Crippen LogP contribution >= 0.6 is 31.9 Å². The Labute approximate surface area is 121 Å². The fraction of sp³-hybridized carbons (Fsp3) is 0. The average Bonchev–Trinajstić information content (AvgIpc) is 2.78. The van der Waals surface area contributed by atoms with Crippen molar-refractivity contribution in [1.29, 1.82) is 0 Å². The molecule has 2 N–H and O–H groups in total. The molecule has 0 atom stereocenters. The van der Waals surface area contributed by atoms with Crippen molar-refractivity contribution in [2.24, 2.45) is 5.73 Å². The molecule has 3 nitrogen and oxygen atoms in total. The van der Waals surface area contributed by atoms with Gasteiger partial charge < -0.3 is 10.2 Å². The van der Waals surface area contributed by atoms with Crippen LogP contribution in [0.15, 0.2) is 49.8 Å². The molecule has 1 aromatic carbocycles. The van der Waals surface area contributed by atoms with Crippen molar-refractivity contribution >= 4 is 43.8 Å². The van der Waals surface area contributed by atoms with Gasteiger partial charge >= 0.3 is 0 Å². The number of amides is 1. The summed E-state index contributed by atoms with van der Waals surface area (Å²) in [4.78, 5) is 10.6. The van der Waals surface area contributed by atoms with E-state index < -0.39 is 5.91 Å². The number of benzene rings is 1. The van der Waals surface area contributed by atoms with E-state index in [4.69, 9.17) is 10.2 Å². The van der Waals surface area contributed by atoms with Gasteiger partial charge in [0, 0.05) is 20.6 Å². The van der Waals surface area contributed by atoms with Crippen molar-refractivity contribution in [3.8, 4) is 11.3 Å². The Bertz CT molecular complexity index is 617. The lowest BCUT2D eigenvalue weighted by molar-refractivity contribution is -0.113. The average molecular weight is 371 g/mol. The maximum atomic E-state index is 10.6. The van der Waals surface area contributed by atoms with E-state index in [1.54, 1.807) is 6.07 Å². The van der Waals surface area contributed by atoms with Crippen LogP contribution in [-0.2, 0) is 4.79 Å². The second-order valence-corrected chi connectivity index (χ2v) is 5.33. The topological polar surface area (TPSA) is 56.2 Å². The zero-order valence-corrected chi connectivity index (χ0v) is 12.4. The fourth-order valence-corrected chi connectivity index (χ4v) is 2.24. The number of hydrogen-bond acceptors (Lipinski definition) is 2. The van der Waals surface area contributed by atoms with E-state index in [2.05, 4.69) is 31.9 Å². The number of nitrogens with two attached hydrogens (primary N) is 1. The highest BCUT2D eigenvalue weighted by Gasteiger charge is 2.08. The predicted octanol–water partition coefficient (Wildman–Crippen LogP) is 3.97. The van der Waals surface area contributed by atoms with Crippen LogP contribution in [0.4, 0.5) is 0 Å². The minimum absolute atomic E-state index is 0.503. The molecule has 0 saturated carbocycles. The second-order valence-electron chi connectivity index (χ2n) is 3.56. The molecule has 1 heterocycles. The summed E-state index contributed by atoms with van der Waals surface area (Å²) in [6, 6.07) is 9.44. The largest absolute Gasteiger partial charge is 0.457 e. The van der Waals surface area contributed by atoms with E-state index in [0.717, 1.165) is 14.5 Å². The highest BCUT2D eigenvalue weighted by Crippen LogP contribution is 2.32. The molecule has 0 aliphatic heterocycles. The summed E-state index contributed by atoms with van der Waals surface area (Å²) in [5.74, 6) is 0.791. The molecule has 0 bridgehead atoms. The van der Waals surface area contributed by atoms with Gasteiger partial charge in [0.25, 0.3) is 0 Å². The molecule has 0 saturated heterocycles. The van der Waals surface area contributed by atoms with Gasteiger partial charge in [-0.15, -0.1) is 0 Å². The lowest BCUT2D eigenvalue weighted by Gasteiger charge is -2.01. The first kappa shape index (κ1) is 13.1. The number of primary amides is 1. The second kappa shape index (κ2) is 5.54. The number of carbonyl (C=O) groups excluding carboxylic acids is 1. The van der Waals surface area contributed by atoms with Crippen LogP contribution < -0.4 is 5.73 Å². The number of hydrogen-bond donors (Lipinski definition) is 1. The Morgan fingerprint density at radius 3 is 2.72 bits per heavy atom. The van der Waals surface area contributed by atoms with Gasteiger partial charge in [0.15, 0.2) is 0 Å². The van der Waals surface area contributed by atoms with Crippen LogP contribution in [0.3, 0.4) is 0 Å². The van der Waals surface area contributed by atoms with E-state index in [-0.39, 0.29) is 0 Å². The van der Waals surface area contributed by atoms with Gasteiger partial charge in [0.05, 0.1) is 0 Å². The predicted molar refractivity (Wildman–Crippen MR) is 77.8 cm³/mol. The number of furan rings is 1. The fourth-order valence-electron chi connectivity index (χ4n) is 1.44. The Hall–Kier alpha value is -1.33. The third-order valence-corrected chi connectivity index (χ3v) is 3.42. The Morgan fingerprint density at radius 2 is 2.00 bits per heavy atom. The van der Waals surface area contributed by atoms with Crippen LogP contribution in [-0.4, -0.2) is 5.91 Å². The summed E-state index contributed by atoms with van der Waals surface area (Å²) in [5, 5.41) is 0. The van der Waals surface area contributed by atoms with Crippen LogP contribution in [0.1, 0.15) is 5.76 Å². The van der Waals surface area contributed by atoms with Crippen LogP contribution in [0.5, 0.6) is 0 Å². The van der Waals surface area contributed by atoms with Crippen LogP contribution in [0, 0.1) is 0 Å². The van der Waals surface area contributed by atoms with Crippen molar-refractivity contribution in [2.75, 3.05) is 0 Å². The molecule has 0 aliphatic rings. The van der Waals surface area contributed by atoms with Crippen LogP contribution in [0.2, 0.25) is 0 Å². The molecule has 2 rings (SSSR count). The van der Waals surface area contributed by atoms with E-state index in [1.165, 1.54) is 12.2 Å². The molecule has 0 unspecified atom stereocenters. The molecule has 18 heavy (non-hydrogen) atoms. The van der Waals surface area contributed by atoms with Gasteiger partial charge in [-0.25, -0.2) is 0 Å². The smallest absolute Gasteiger partial charge is 0.241 e.